The number of hydrogen-bond donors (Lipinski definition) is 1. The maximum atomic E-state index is 5.92. The fraction of sp³-hybridized carbons (Fsp3) is 0.333. The molecule has 1 aromatic heterocycles. The molecule has 0 fully saturated rings. The summed E-state index contributed by atoms with van der Waals surface area (Å²) in [7, 11) is 0. The molecule has 0 aliphatic rings. The number of aryl methyl sites for hydroxylation is 4. The minimum atomic E-state index is 0.411. The molecule has 0 aliphatic carbocycles. The van der Waals surface area contributed by atoms with Crippen LogP contribution < -0.4 is 10.5 Å². The number of rotatable bonds is 4. The normalized spacial score (nSPS) is 10.6. The highest BCUT2D eigenvalue weighted by molar-refractivity contribution is 7.80. The minimum Gasteiger partial charge on any atom is -0.486 e. The molecular formula is C15H18N2OS2. The van der Waals surface area contributed by atoms with E-state index in [1.807, 2.05) is 32.9 Å². The third-order valence-electron chi connectivity index (χ3n) is 3.16. The maximum Gasteiger partial charge on any atom is 0.140 e. The number of thiocarbonyl (C=S) groups is 1. The average molecular weight is 306 g/mol. The van der Waals surface area contributed by atoms with E-state index in [1.54, 1.807) is 11.3 Å². The first-order chi connectivity index (χ1) is 9.38. The lowest BCUT2D eigenvalue weighted by Crippen LogP contribution is -2.10. The molecular weight excluding hydrogens is 288 g/mol. The van der Waals surface area contributed by atoms with Crippen LogP contribution >= 0.6 is 23.6 Å². The summed E-state index contributed by atoms with van der Waals surface area (Å²) >= 11 is 6.69. The van der Waals surface area contributed by atoms with E-state index in [1.165, 1.54) is 4.88 Å². The highest BCUT2D eigenvalue weighted by Gasteiger charge is 2.10. The van der Waals surface area contributed by atoms with Gasteiger partial charge in [0.15, 0.2) is 0 Å². The fourth-order valence-electron chi connectivity index (χ4n) is 2.06. The first kappa shape index (κ1) is 14.9. The van der Waals surface area contributed by atoms with Gasteiger partial charge in [0.05, 0.1) is 5.69 Å². The van der Waals surface area contributed by atoms with Crippen molar-refractivity contribution in [2.45, 2.75) is 34.3 Å². The molecule has 0 spiro atoms. The number of ether oxygens (including phenoxy) is 1. The third-order valence-corrected chi connectivity index (χ3v) is 4.44. The Bertz CT molecular complexity index is 619. The quantitative estimate of drug-likeness (QED) is 0.877. The van der Waals surface area contributed by atoms with E-state index in [4.69, 9.17) is 22.7 Å². The van der Waals surface area contributed by atoms with Gasteiger partial charge in [0.2, 0.25) is 0 Å². The number of thiazole rings is 1. The monoisotopic (exact) mass is 306 g/mol. The van der Waals surface area contributed by atoms with Gasteiger partial charge in [-0.25, -0.2) is 4.98 Å². The Hall–Kier alpha value is -1.46. The van der Waals surface area contributed by atoms with E-state index in [0.29, 0.717) is 11.6 Å². The molecule has 0 radical (unpaired) electrons. The summed E-state index contributed by atoms with van der Waals surface area (Å²) in [6.07, 6.45) is 0. The van der Waals surface area contributed by atoms with Crippen LogP contribution in [-0.4, -0.2) is 9.97 Å². The van der Waals surface area contributed by atoms with Gasteiger partial charge in [-0.15, -0.1) is 11.3 Å². The summed E-state index contributed by atoms with van der Waals surface area (Å²) in [6, 6.07) is 3.92. The highest BCUT2D eigenvalue weighted by Crippen LogP contribution is 2.26. The molecule has 0 unspecified atom stereocenters. The Morgan fingerprint density at radius 3 is 2.30 bits per heavy atom. The van der Waals surface area contributed by atoms with Crippen molar-refractivity contribution in [2.24, 2.45) is 5.73 Å². The van der Waals surface area contributed by atoms with E-state index in [0.717, 1.165) is 33.1 Å². The molecule has 0 bridgehead atoms. The van der Waals surface area contributed by atoms with E-state index in [-0.39, 0.29) is 0 Å². The number of benzene rings is 1. The third kappa shape index (κ3) is 3.16. The van der Waals surface area contributed by atoms with Crippen molar-refractivity contribution < 1.29 is 4.74 Å². The van der Waals surface area contributed by atoms with Gasteiger partial charge >= 0.3 is 0 Å². The van der Waals surface area contributed by atoms with Crippen molar-refractivity contribution in [1.82, 2.24) is 4.98 Å². The van der Waals surface area contributed by atoms with Gasteiger partial charge in [0.1, 0.15) is 22.4 Å². The Morgan fingerprint density at radius 2 is 1.85 bits per heavy atom. The molecule has 106 valence electrons. The zero-order valence-corrected chi connectivity index (χ0v) is 13.7. The molecule has 0 saturated heterocycles. The van der Waals surface area contributed by atoms with Crippen molar-refractivity contribution in [3.05, 3.63) is 44.4 Å². The van der Waals surface area contributed by atoms with Crippen LogP contribution in [0.2, 0.25) is 0 Å². The molecule has 0 atom stereocenters. The van der Waals surface area contributed by atoms with Crippen LogP contribution in [-0.2, 0) is 6.61 Å². The van der Waals surface area contributed by atoms with Gasteiger partial charge in [-0.05, 0) is 51.0 Å². The van der Waals surface area contributed by atoms with Gasteiger partial charge in [0, 0.05) is 10.4 Å². The van der Waals surface area contributed by atoms with Crippen LogP contribution in [0.15, 0.2) is 12.1 Å². The molecule has 2 aromatic rings. The zero-order chi connectivity index (χ0) is 14.9. The topological polar surface area (TPSA) is 48.1 Å². The summed E-state index contributed by atoms with van der Waals surface area (Å²) in [5, 5.41) is 0.997. The second-order valence-electron chi connectivity index (χ2n) is 4.84. The summed E-state index contributed by atoms with van der Waals surface area (Å²) in [6.45, 7) is 8.59. The summed E-state index contributed by atoms with van der Waals surface area (Å²) in [4.78, 5) is 6.13. The average Bonchev–Trinajstić information content (AvgIpc) is 2.67. The molecule has 1 aromatic carbocycles. The Labute approximate surface area is 128 Å². The van der Waals surface area contributed by atoms with Crippen molar-refractivity contribution in [2.75, 3.05) is 0 Å². The van der Waals surface area contributed by atoms with Crippen LogP contribution in [0.3, 0.4) is 0 Å². The standard InChI is InChI=1S/C15H18N2OS2/c1-8-5-12(15(16)19)6-9(2)14(8)18-7-13-17-10(3)11(4)20-13/h5-6H,7H2,1-4H3,(H2,16,19). The van der Waals surface area contributed by atoms with Gasteiger partial charge in [-0.1, -0.05) is 12.2 Å². The lowest BCUT2D eigenvalue weighted by molar-refractivity contribution is 0.301. The molecule has 2 N–H and O–H groups in total. The van der Waals surface area contributed by atoms with E-state index in [9.17, 15) is 0 Å². The fourth-order valence-corrected chi connectivity index (χ4v) is 3.02. The van der Waals surface area contributed by atoms with Crippen molar-refractivity contribution in [3.8, 4) is 5.75 Å². The number of hydrogen-bond acceptors (Lipinski definition) is 4. The second-order valence-corrected chi connectivity index (χ2v) is 6.57. The Kier molecular flexibility index (Phi) is 4.40. The molecule has 3 nitrogen and oxygen atoms in total. The van der Waals surface area contributed by atoms with E-state index in [2.05, 4.69) is 11.9 Å². The van der Waals surface area contributed by atoms with Crippen molar-refractivity contribution in [1.29, 1.82) is 0 Å². The van der Waals surface area contributed by atoms with Gasteiger partial charge in [-0.3, -0.25) is 0 Å². The van der Waals surface area contributed by atoms with Crippen LogP contribution in [0.1, 0.15) is 32.3 Å². The predicted octanol–water partition coefficient (Wildman–Crippen LogP) is 3.59. The van der Waals surface area contributed by atoms with E-state index < -0.39 is 0 Å². The second kappa shape index (κ2) is 5.89. The predicted molar refractivity (Wildman–Crippen MR) is 87.7 cm³/mol. The summed E-state index contributed by atoms with van der Waals surface area (Å²) < 4.78 is 5.92. The molecule has 20 heavy (non-hydrogen) atoms. The van der Waals surface area contributed by atoms with Crippen molar-refractivity contribution >= 4 is 28.5 Å². The first-order valence-electron chi connectivity index (χ1n) is 6.35. The molecule has 5 heteroatoms. The number of nitrogens with zero attached hydrogens (tertiary/aromatic N) is 1. The van der Waals surface area contributed by atoms with Crippen LogP contribution in [0.5, 0.6) is 5.75 Å². The summed E-state index contributed by atoms with van der Waals surface area (Å²) in [5.41, 5.74) is 9.70. The molecule has 0 aliphatic heterocycles. The van der Waals surface area contributed by atoms with Crippen LogP contribution in [0.4, 0.5) is 0 Å². The lowest BCUT2D eigenvalue weighted by Gasteiger charge is -2.12. The molecule has 0 amide bonds. The maximum absolute atomic E-state index is 5.92. The number of nitrogens with two attached hydrogens (primary N) is 1. The lowest BCUT2D eigenvalue weighted by atomic mass is 10.1. The van der Waals surface area contributed by atoms with Crippen LogP contribution in [0, 0.1) is 27.7 Å². The van der Waals surface area contributed by atoms with Gasteiger partial charge in [-0.2, -0.15) is 0 Å². The number of aromatic nitrogens is 1. The molecule has 0 saturated carbocycles. The zero-order valence-electron chi connectivity index (χ0n) is 12.1. The molecule has 2 rings (SSSR count). The van der Waals surface area contributed by atoms with Crippen molar-refractivity contribution in [3.63, 3.8) is 0 Å². The first-order valence-corrected chi connectivity index (χ1v) is 7.57. The van der Waals surface area contributed by atoms with Gasteiger partial charge in [0.25, 0.3) is 0 Å². The Morgan fingerprint density at radius 1 is 1.25 bits per heavy atom. The largest absolute Gasteiger partial charge is 0.486 e. The molecule has 1 heterocycles. The van der Waals surface area contributed by atoms with Crippen LogP contribution in [0.25, 0.3) is 0 Å². The SMILES string of the molecule is Cc1cc(C(N)=S)cc(C)c1OCc1nc(C)c(C)s1. The minimum absolute atomic E-state index is 0.411. The van der Waals surface area contributed by atoms with E-state index >= 15 is 0 Å². The summed E-state index contributed by atoms with van der Waals surface area (Å²) in [5.74, 6) is 0.885. The highest BCUT2D eigenvalue weighted by atomic mass is 32.1. The Balaban J connectivity index is 2.19. The smallest absolute Gasteiger partial charge is 0.140 e. The van der Waals surface area contributed by atoms with Gasteiger partial charge < -0.3 is 10.5 Å².